The van der Waals surface area contributed by atoms with E-state index in [1.54, 1.807) is 46.8 Å². The first-order valence-corrected chi connectivity index (χ1v) is 24.8. The predicted octanol–water partition coefficient (Wildman–Crippen LogP) is 9.69. The molecule has 0 bridgehead atoms. The van der Waals surface area contributed by atoms with Crippen molar-refractivity contribution in [2.75, 3.05) is 52.0 Å². The van der Waals surface area contributed by atoms with Crippen LogP contribution < -0.4 is 45.5 Å². The standard InChI is InChI=1S/C22H20N4.C20H22N4.C7H8N4O.C7H8N4S/c23-22-25-21(20-9-5-2-6-10-20)16-26(22)24-15-17-11-13-19(14-12-17)18-7-3-1-4-8-18;21-20-23-19(16-8-2-1-3-9-16)14-24(20)22-13-17-11-6-10-15-7-4-5-12-18(15)17;2*8-7-10-5(4-11(7)9)6-2-1-3-12-6/h1-14,16,24H,15H2,(H2,23,25);1-5,7-9,12,14,17,22H,6,10-11,13H2,(H2,21,23);2*1-4H,9H2,(H2,8,10). The molecule has 1 atom stereocenters. The van der Waals surface area contributed by atoms with E-state index >= 15 is 0 Å². The zero-order chi connectivity index (χ0) is 51.2. The molecule has 1 aliphatic rings. The van der Waals surface area contributed by atoms with Crippen molar-refractivity contribution in [1.29, 1.82) is 0 Å². The first-order valence-electron chi connectivity index (χ1n) is 23.9. The number of fused-ring (bicyclic) bond motifs is 1. The van der Waals surface area contributed by atoms with E-state index in [0.29, 0.717) is 41.8 Å². The van der Waals surface area contributed by atoms with Crippen LogP contribution in [0.25, 0.3) is 55.7 Å². The number of nitrogens with zero attached hydrogens (tertiary/aromatic N) is 8. The van der Waals surface area contributed by atoms with Crippen molar-refractivity contribution < 1.29 is 4.42 Å². The van der Waals surface area contributed by atoms with Gasteiger partial charge in [0.2, 0.25) is 23.8 Å². The number of hydrogen-bond acceptors (Lipinski definition) is 14. The lowest BCUT2D eigenvalue weighted by atomic mass is 9.83. The van der Waals surface area contributed by atoms with Crippen LogP contribution in [0.4, 0.5) is 23.8 Å². The van der Waals surface area contributed by atoms with Gasteiger partial charge in [-0.15, -0.1) is 11.3 Å². The molecule has 14 N–H and O–H groups in total. The van der Waals surface area contributed by atoms with E-state index in [0.717, 1.165) is 39.6 Å². The van der Waals surface area contributed by atoms with E-state index in [1.165, 1.54) is 56.4 Å². The third-order valence-electron chi connectivity index (χ3n) is 12.2. The molecule has 0 spiro atoms. The summed E-state index contributed by atoms with van der Waals surface area (Å²) >= 11 is 1.61. The summed E-state index contributed by atoms with van der Waals surface area (Å²) in [6.45, 7) is 1.54. The number of imidazole rings is 4. The molecule has 1 aliphatic carbocycles. The molecular weight excluding hydrogens is 945 g/mol. The highest BCUT2D eigenvalue weighted by atomic mass is 32.1. The highest BCUT2D eigenvalue weighted by molar-refractivity contribution is 7.13. The Kier molecular flexibility index (Phi) is 15.7. The Morgan fingerprint density at radius 2 is 1.05 bits per heavy atom. The van der Waals surface area contributed by atoms with Gasteiger partial charge in [0.15, 0.2) is 5.76 Å². The minimum absolute atomic E-state index is 0.265. The van der Waals surface area contributed by atoms with E-state index in [9.17, 15) is 0 Å². The number of benzene rings is 5. The molecule has 0 amide bonds. The highest BCUT2D eigenvalue weighted by Crippen LogP contribution is 2.31. The number of nitrogen functional groups attached to an aromatic ring is 6. The summed E-state index contributed by atoms with van der Waals surface area (Å²) in [6, 6.07) is 55.3. The molecule has 374 valence electrons. The van der Waals surface area contributed by atoms with Crippen molar-refractivity contribution >= 4 is 35.1 Å². The smallest absolute Gasteiger partial charge is 0.219 e. The predicted molar refractivity (Wildman–Crippen MR) is 300 cm³/mol. The second kappa shape index (κ2) is 23.5. The average molecular weight is 1000 g/mol. The van der Waals surface area contributed by atoms with E-state index in [4.69, 9.17) is 39.0 Å². The Bertz CT molecular complexity index is 3320. The number of nitrogens with one attached hydrogen (secondary N) is 2. The summed E-state index contributed by atoms with van der Waals surface area (Å²) in [5, 5.41) is 1.99. The lowest BCUT2D eigenvalue weighted by Gasteiger charge is -2.26. The third-order valence-corrected chi connectivity index (χ3v) is 13.1. The van der Waals surface area contributed by atoms with Gasteiger partial charge in [0.25, 0.3) is 0 Å². The number of nitrogens with two attached hydrogens (primary N) is 6. The van der Waals surface area contributed by atoms with Gasteiger partial charge in [0.05, 0.1) is 53.9 Å². The molecule has 0 aliphatic heterocycles. The maximum atomic E-state index is 6.08. The molecule has 17 nitrogen and oxygen atoms in total. The van der Waals surface area contributed by atoms with E-state index in [-0.39, 0.29) is 5.95 Å². The summed E-state index contributed by atoms with van der Waals surface area (Å²) in [7, 11) is 0. The number of aromatic nitrogens is 8. The molecule has 18 heteroatoms. The SMILES string of the molecule is Nc1nc(-c2ccccc2)cn1NCC1CCCc2ccccc21.Nc1nc(-c2ccccc2)cn1NCc1ccc(-c2ccccc2)cc1.Nc1nc(-c2ccco2)cn1N.Nc1nc(-c2cccs2)cn1N. The van der Waals surface area contributed by atoms with Crippen LogP contribution in [0.15, 0.2) is 205 Å². The zero-order valence-corrected chi connectivity index (χ0v) is 41.3. The van der Waals surface area contributed by atoms with Crippen LogP contribution in [0.2, 0.25) is 0 Å². The molecule has 12 rings (SSSR count). The second-order valence-electron chi connectivity index (χ2n) is 17.2. The lowest BCUT2D eigenvalue weighted by Crippen LogP contribution is -2.24. The molecule has 6 aromatic heterocycles. The van der Waals surface area contributed by atoms with Crippen molar-refractivity contribution in [3.8, 4) is 55.7 Å². The topological polar surface area (TPSA) is 265 Å². The lowest BCUT2D eigenvalue weighted by molar-refractivity contribution is 0.556. The van der Waals surface area contributed by atoms with Crippen LogP contribution in [0.3, 0.4) is 0 Å². The first kappa shape index (κ1) is 49.3. The molecule has 11 aromatic rings. The maximum absolute atomic E-state index is 6.08. The third kappa shape index (κ3) is 12.4. The molecule has 74 heavy (non-hydrogen) atoms. The van der Waals surface area contributed by atoms with Gasteiger partial charge < -0.3 is 49.9 Å². The van der Waals surface area contributed by atoms with Gasteiger partial charge in [0, 0.05) is 23.6 Å². The number of anilines is 4. The Labute approximate surface area is 432 Å². The average Bonchev–Trinajstić information content (AvgIpc) is 4.34. The van der Waals surface area contributed by atoms with Crippen LogP contribution in [-0.2, 0) is 13.0 Å². The summed E-state index contributed by atoms with van der Waals surface area (Å²) < 4.78 is 11.3. The Hall–Kier alpha value is -9.68. The van der Waals surface area contributed by atoms with Crippen molar-refractivity contribution in [3.63, 3.8) is 0 Å². The second-order valence-corrected chi connectivity index (χ2v) is 18.2. The van der Waals surface area contributed by atoms with E-state index in [2.05, 4.69) is 104 Å². The summed E-state index contributed by atoms with van der Waals surface area (Å²) in [5.41, 5.74) is 41.7. The number of aryl methyl sites for hydroxylation is 1. The quantitative estimate of drug-likeness (QED) is 0.0562. The molecule has 0 saturated carbocycles. The van der Waals surface area contributed by atoms with Crippen LogP contribution in [-0.4, -0.2) is 45.2 Å². The van der Waals surface area contributed by atoms with Crippen LogP contribution in [0.5, 0.6) is 0 Å². The fourth-order valence-corrected chi connectivity index (χ4v) is 9.02. The molecular formula is C56H58N16OS. The fourth-order valence-electron chi connectivity index (χ4n) is 8.34. The summed E-state index contributed by atoms with van der Waals surface area (Å²) in [5.74, 6) is 13.6. The normalized spacial score (nSPS) is 12.5. The minimum Gasteiger partial charge on any atom is -0.463 e. The largest absolute Gasteiger partial charge is 0.463 e. The van der Waals surface area contributed by atoms with Gasteiger partial charge in [-0.2, -0.15) is 0 Å². The van der Waals surface area contributed by atoms with Gasteiger partial charge in [-0.1, -0.05) is 146 Å². The number of thiophene rings is 1. The van der Waals surface area contributed by atoms with Crippen molar-refractivity contribution in [3.05, 3.63) is 217 Å². The summed E-state index contributed by atoms with van der Waals surface area (Å²) in [6.07, 6.45) is 12.4. The van der Waals surface area contributed by atoms with Crippen molar-refractivity contribution in [1.82, 2.24) is 38.6 Å². The monoisotopic (exact) mass is 1000 g/mol. The molecule has 0 saturated heterocycles. The molecule has 0 radical (unpaired) electrons. The number of rotatable bonds is 11. The summed E-state index contributed by atoms with van der Waals surface area (Å²) in [4.78, 5) is 18.0. The molecule has 6 heterocycles. The van der Waals surface area contributed by atoms with E-state index < -0.39 is 0 Å². The Morgan fingerprint density at radius 1 is 0.514 bits per heavy atom. The van der Waals surface area contributed by atoms with Gasteiger partial charge in [-0.05, 0) is 70.7 Å². The number of hydrogen-bond donors (Lipinski definition) is 8. The van der Waals surface area contributed by atoms with Crippen molar-refractivity contribution in [2.24, 2.45) is 0 Å². The van der Waals surface area contributed by atoms with Crippen molar-refractivity contribution in [2.45, 2.75) is 31.7 Å². The molecule has 5 aromatic carbocycles. The minimum atomic E-state index is 0.265. The van der Waals surface area contributed by atoms with Gasteiger partial charge >= 0.3 is 0 Å². The molecule has 1 unspecified atom stereocenters. The van der Waals surface area contributed by atoms with Crippen LogP contribution in [0.1, 0.15) is 35.4 Å². The highest BCUT2D eigenvalue weighted by Gasteiger charge is 2.20. The Morgan fingerprint density at radius 3 is 1.61 bits per heavy atom. The van der Waals surface area contributed by atoms with Crippen LogP contribution >= 0.6 is 11.3 Å². The number of furan rings is 1. The first-order chi connectivity index (χ1) is 36.1. The van der Waals surface area contributed by atoms with Gasteiger partial charge in [0.1, 0.15) is 11.4 Å². The van der Waals surface area contributed by atoms with Gasteiger partial charge in [-0.25, -0.2) is 38.6 Å². The zero-order valence-electron chi connectivity index (χ0n) is 40.5. The fraction of sp³-hybridized carbons (Fsp3) is 0.107. The maximum Gasteiger partial charge on any atom is 0.219 e. The van der Waals surface area contributed by atoms with Gasteiger partial charge in [-0.3, -0.25) is 0 Å². The van der Waals surface area contributed by atoms with E-state index in [1.807, 2.05) is 101 Å². The molecule has 0 fully saturated rings. The Balaban J connectivity index is 0.000000128. The van der Waals surface area contributed by atoms with Crippen LogP contribution in [0, 0.1) is 0 Å².